The van der Waals surface area contributed by atoms with Gasteiger partial charge in [0.1, 0.15) is 5.82 Å². The minimum Gasteiger partial charge on any atom is -0.369 e. The predicted octanol–water partition coefficient (Wildman–Crippen LogP) is 2.40. The van der Waals surface area contributed by atoms with E-state index in [2.05, 4.69) is 20.5 Å². The fraction of sp³-hybridized carbons (Fsp3) is 0.647. The Morgan fingerprint density at radius 1 is 1.18 bits per heavy atom. The highest BCUT2D eigenvalue weighted by atomic mass is 16.1. The van der Waals surface area contributed by atoms with Crippen LogP contribution in [-0.2, 0) is 4.79 Å². The fourth-order valence-electron chi connectivity index (χ4n) is 3.38. The smallest absolute Gasteiger partial charge is 0.228 e. The summed E-state index contributed by atoms with van der Waals surface area (Å²) in [4.78, 5) is 19.1. The van der Waals surface area contributed by atoms with E-state index in [1.807, 2.05) is 12.1 Å². The molecule has 0 spiro atoms. The molecule has 120 valence electrons. The molecule has 1 saturated carbocycles. The van der Waals surface area contributed by atoms with Gasteiger partial charge in [-0.2, -0.15) is 0 Å². The van der Waals surface area contributed by atoms with Crippen molar-refractivity contribution in [3.05, 3.63) is 18.3 Å². The molecule has 2 fully saturated rings. The number of rotatable bonds is 3. The number of aromatic nitrogens is 1. The van der Waals surface area contributed by atoms with Crippen molar-refractivity contribution in [2.45, 2.75) is 38.5 Å². The largest absolute Gasteiger partial charge is 0.369 e. The lowest BCUT2D eigenvalue weighted by Crippen LogP contribution is -2.43. The van der Waals surface area contributed by atoms with E-state index in [9.17, 15) is 4.79 Å². The summed E-state index contributed by atoms with van der Waals surface area (Å²) in [6.45, 7) is 4.01. The zero-order valence-corrected chi connectivity index (χ0v) is 13.2. The minimum atomic E-state index is 0.145. The van der Waals surface area contributed by atoms with Crippen LogP contribution in [0.3, 0.4) is 0 Å². The molecule has 1 amide bonds. The van der Waals surface area contributed by atoms with Gasteiger partial charge in [0.25, 0.3) is 0 Å². The van der Waals surface area contributed by atoms with E-state index in [1.165, 1.54) is 25.7 Å². The molecule has 0 unspecified atom stereocenters. The zero-order valence-electron chi connectivity index (χ0n) is 13.2. The SMILES string of the molecule is O=C(Nc1cc(N2CCNCC2)ccn1)C1CCCCCC1. The number of amides is 1. The molecule has 1 aliphatic heterocycles. The number of hydrogen-bond donors (Lipinski definition) is 2. The molecule has 0 atom stereocenters. The van der Waals surface area contributed by atoms with E-state index in [-0.39, 0.29) is 11.8 Å². The lowest BCUT2D eigenvalue weighted by molar-refractivity contribution is -0.120. The van der Waals surface area contributed by atoms with Crippen molar-refractivity contribution in [2.75, 3.05) is 36.4 Å². The van der Waals surface area contributed by atoms with E-state index >= 15 is 0 Å². The van der Waals surface area contributed by atoms with Gasteiger partial charge in [-0.25, -0.2) is 4.98 Å². The first-order valence-electron chi connectivity index (χ1n) is 8.55. The number of carbonyl (C=O) groups excluding carboxylic acids is 1. The van der Waals surface area contributed by atoms with Crippen LogP contribution in [0.1, 0.15) is 38.5 Å². The number of nitrogens with zero attached hydrogens (tertiary/aromatic N) is 2. The third-order valence-corrected chi connectivity index (χ3v) is 4.70. The third kappa shape index (κ3) is 3.97. The molecule has 2 N–H and O–H groups in total. The van der Waals surface area contributed by atoms with E-state index in [0.29, 0.717) is 5.82 Å². The van der Waals surface area contributed by atoms with Gasteiger partial charge in [-0.1, -0.05) is 25.7 Å². The molecule has 1 aromatic rings. The summed E-state index contributed by atoms with van der Waals surface area (Å²) < 4.78 is 0. The first-order chi connectivity index (χ1) is 10.8. The molecule has 1 aliphatic carbocycles. The standard InChI is InChI=1S/C17H26N4O/c22-17(14-5-3-1-2-4-6-14)20-16-13-15(7-8-19-16)21-11-9-18-10-12-21/h7-8,13-14,18H,1-6,9-12H2,(H,19,20,22). The van der Waals surface area contributed by atoms with Crippen molar-refractivity contribution >= 4 is 17.4 Å². The first kappa shape index (κ1) is 15.3. The summed E-state index contributed by atoms with van der Waals surface area (Å²) in [5, 5.41) is 6.38. The predicted molar refractivity (Wildman–Crippen MR) is 89.1 cm³/mol. The second kappa shape index (κ2) is 7.58. The van der Waals surface area contributed by atoms with Gasteiger partial charge in [0.05, 0.1) is 0 Å². The van der Waals surface area contributed by atoms with Crippen LogP contribution in [-0.4, -0.2) is 37.1 Å². The van der Waals surface area contributed by atoms with E-state index in [1.54, 1.807) is 6.20 Å². The highest BCUT2D eigenvalue weighted by Gasteiger charge is 2.20. The van der Waals surface area contributed by atoms with Crippen LogP contribution in [0.2, 0.25) is 0 Å². The molecule has 2 aliphatic rings. The Morgan fingerprint density at radius 3 is 2.64 bits per heavy atom. The van der Waals surface area contributed by atoms with Crippen molar-refractivity contribution in [3.63, 3.8) is 0 Å². The van der Waals surface area contributed by atoms with Gasteiger partial charge >= 0.3 is 0 Å². The van der Waals surface area contributed by atoms with Gasteiger partial charge in [0.2, 0.25) is 5.91 Å². The van der Waals surface area contributed by atoms with Crippen LogP contribution in [0.25, 0.3) is 0 Å². The quantitative estimate of drug-likeness (QED) is 0.842. The number of carbonyl (C=O) groups is 1. The van der Waals surface area contributed by atoms with Crippen molar-refractivity contribution in [2.24, 2.45) is 5.92 Å². The monoisotopic (exact) mass is 302 g/mol. The normalized spacial score (nSPS) is 20.5. The summed E-state index contributed by atoms with van der Waals surface area (Å²) in [7, 11) is 0. The summed E-state index contributed by atoms with van der Waals surface area (Å²) in [5.41, 5.74) is 1.15. The van der Waals surface area contributed by atoms with Gasteiger partial charge in [-0.15, -0.1) is 0 Å². The average Bonchev–Trinajstić information content (AvgIpc) is 2.85. The maximum atomic E-state index is 12.4. The van der Waals surface area contributed by atoms with Gasteiger partial charge in [0, 0.05) is 50.0 Å². The number of pyridine rings is 1. The Hall–Kier alpha value is -1.62. The molecule has 5 nitrogen and oxygen atoms in total. The highest BCUT2D eigenvalue weighted by molar-refractivity contribution is 5.92. The van der Waals surface area contributed by atoms with Crippen LogP contribution in [0.5, 0.6) is 0 Å². The maximum Gasteiger partial charge on any atom is 0.228 e. The zero-order chi connectivity index (χ0) is 15.2. The number of nitrogens with one attached hydrogen (secondary N) is 2. The first-order valence-corrected chi connectivity index (χ1v) is 8.55. The molecule has 1 saturated heterocycles. The molecule has 5 heteroatoms. The van der Waals surface area contributed by atoms with Crippen LogP contribution >= 0.6 is 0 Å². The van der Waals surface area contributed by atoms with Crippen LogP contribution < -0.4 is 15.5 Å². The molecule has 2 heterocycles. The molecule has 0 radical (unpaired) electrons. The van der Waals surface area contributed by atoms with Crippen LogP contribution in [0, 0.1) is 5.92 Å². The van der Waals surface area contributed by atoms with Crippen molar-refractivity contribution < 1.29 is 4.79 Å². The molecule has 0 bridgehead atoms. The molecule has 22 heavy (non-hydrogen) atoms. The maximum absolute atomic E-state index is 12.4. The lowest BCUT2D eigenvalue weighted by atomic mass is 9.99. The molecule has 1 aromatic heterocycles. The van der Waals surface area contributed by atoms with Crippen molar-refractivity contribution in [1.29, 1.82) is 0 Å². The van der Waals surface area contributed by atoms with Gasteiger partial charge in [-0.05, 0) is 18.9 Å². The second-order valence-electron chi connectivity index (χ2n) is 6.31. The summed E-state index contributed by atoms with van der Waals surface area (Å²) in [5.74, 6) is 0.990. The average molecular weight is 302 g/mol. The number of piperazine rings is 1. The Balaban J connectivity index is 1.62. The molecular formula is C17H26N4O. The van der Waals surface area contributed by atoms with Gasteiger partial charge < -0.3 is 15.5 Å². The van der Waals surface area contributed by atoms with E-state index in [0.717, 1.165) is 44.7 Å². The lowest BCUT2D eigenvalue weighted by Gasteiger charge is -2.29. The Kier molecular flexibility index (Phi) is 5.27. The minimum absolute atomic E-state index is 0.145. The Morgan fingerprint density at radius 2 is 1.91 bits per heavy atom. The molecule has 0 aromatic carbocycles. The van der Waals surface area contributed by atoms with E-state index in [4.69, 9.17) is 0 Å². The highest BCUT2D eigenvalue weighted by Crippen LogP contribution is 2.24. The van der Waals surface area contributed by atoms with Crippen molar-refractivity contribution in [1.82, 2.24) is 10.3 Å². The number of hydrogen-bond acceptors (Lipinski definition) is 4. The van der Waals surface area contributed by atoms with Gasteiger partial charge in [-0.3, -0.25) is 4.79 Å². The summed E-state index contributed by atoms with van der Waals surface area (Å²) in [6, 6.07) is 4.02. The fourth-order valence-corrected chi connectivity index (χ4v) is 3.38. The van der Waals surface area contributed by atoms with E-state index < -0.39 is 0 Å². The topological polar surface area (TPSA) is 57.3 Å². The molecular weight excluding hydrogens is 276 g/mol. The second-order valence-corrected chi connectivity index (χ2v) is 6.31. The third-order valence-electron chi connectivity index (χ3n) is 4.70. The Labute approximate surface area is 132 Å². The van der Waals surface area contributed by atoms with Crippen LogP contribution in [0.4, 0.5) is 11.5 Å². The summed E-state index contributed by atoms with van der Waals surface area (Å²) >= 11 is 0. The Bertz CT molecular complexity index is 491. The van der Waals surface area contributed by atoms with Crippen molar-refractivity contribution in [3.8, 4) is 0 Å². The summed E-state index contributed by atoms with van der Waals surface area (Å²) in [6.07, 6.45) is 8.70. The molecule has 3 rings (SSSR count). The van der Waals surface area contributed by atoms with Gasteiger partial charge in [0.15, 0.2) is 0 Å². The van der Waals surface area contributed by atoms with Crippen LogP contribution in [0.15, 0.2) is 18.3 Å². The number of anilines is 2.